The number of hydrogen-bond donors (Lipinski definition) is 1. The Bertz CT molecular complexity index is 580. The Balaban J connectivity index is 2.15. The first-order valence-electron chi connectivity index (χ1n) is 5.78. The molecule has 2 N–H and O–H groups in total. The molecule has 0 spiro atoms. The molecule has 0 aliphatic rings. The summed E-state index contributed by atoms with van der Waals surface area (Å²) in [4.78, 5) is 0. The van der Waals surface area contributed by atoms with Crippen molar-refractivity contribution in [1.29, 1.82) is 5.26 Å². The summed E-state index contributed by atoms with van der Waals surface area (Å²) in [5, 5.41) is 8.84. The molecule has 0 radical (unpaired) electrons. The number of hydrogen-bond acceptors (Lipinski definition) is 2. The van der Waals surface area contributed by atoms with Crippen LogP contribution < -0.4 is 5.73 Å². The minimum absolute atomic E-state index is 0.196. The molecule has 18 heavy (non-hydrogen) atoms. The van der Waals surface area contributed by atoms with Crippen LogP contribution in [0, 0.1) is 11.3 Å². The van der Waals surface area contributed by atoms with Crippen molar-refractivity contribution in [2.24, 2.45) is 5.73 Å². The van der Waals surface area contributed by atoms with Crippen LogP contribution in [0.4, 0.5) is 0 Å². The maximum absolute atomic E-state index is 8.84. The van der Waals surface area contributed by atoms with E-state index < -0.39 is 0 Å². The number of nitrogens with two attached hydrogens (primary N) is 1. The standard InChI is InChI=1S/C16H14N2/c17-12-14-7-4-8-15(11-14)16(18)10-9-13-5-2-1-3-6-13/h1-11,16H,18H2/b10-9+. The maximum Gasteiger partial charge on any atom is 0.0991 e. The molecule has 2 heteroatoms. The maximum atomic E-state index is 8.84. The molecule has 2 nitrogen and oxygen atoms in total. The summed E-state index contributed by atoms with van der Waals surface area (Å²) in [6.07, 6.45) is 3.93. The Hall–Kier alpha value is -2.37. The minimum atomic E-state index is -0.196. The Labute approximate surface area is 107 Å². The van der Waals surface area contributed by atoms with E-state index in [-0.39, 0.29) is 6.04 Å². The number of nitriles is 1. The van der Waals surface area contributed by atoms with Crippen molar-refractivity contribution in [2.75, 3.05) is 0 Å². The highest BCUT2D eigenvalue weighted by Crippen LogP contribution is 2.14. The largest absolute Gasteiger partial charge is 0.321 e. The molecule has 0 saturated carbocycles. The van der Waals surface area contributed by atoms with Gasteiger partial charge in [-0.2, -0.15) is 5.26 Å². The molecule has 2 aromatic carbocycles. The van der Waals surface area contributed by atoms with Crippen LogP contribution in [0.2, 0.25) is 0 Å². The summed E-state index contributed by atoms with van der Waals surface area (Å²) in [6, 6.07) is 19.3. The molecule has 0 amide bonds. The summed E-state index contributed by atoms with van der Waals surface area (Å²) in [5.74, 6) is 0. The smallest absolute Gasteiger partial charge is 0.0991 e. The van der Waals surface area contributed by atoms with Gasteiger partial charge in [-0.25, -0.2) is 0 Å². The van der Waals surface area contributed by atoms with Gasteiger partial charge in [-0.3, -0.25) is 0 Å². The third kappa shape index (κ3) is 3.07. The zero-order valence-electron chi connectivity index (χ0n) is 9.95. The van der Waals surface area contributed by atoms with Gasteiger partial charge in [-0.15, -0.1) is 0 Å². The van der Waals surface area contributed by atoms with Crippen LogP contribution in [0.25, 0.3) is 6.08 Å². The van der Waals surface area contributed by atoms with E-state index in [9.17, 15) is 0 Å². The lowest BCUT2D eigenvalue weighted by atomic mass is 10.0. The predicted octanol–water partition coefficient (Wildman–Crippen LogP) is 3.27. The van der Waals surface area contributed by atoms with Crippen LogP contribution >= 0.6 is 0 Å². The van der Waals surface area contributed by atoms with Crippen molar-refractivity contribution in [3.05, 3.63) is 77.4 Å². The van der Waals surface area contributed by atoms with E-state index in [1.165, 1.54) is 0 Å². The van der Waals surface area contributed by atoms with Gasteiger partial charge >= 0.3 is 0 Å². The van der Waals surface area contributed by atoms with Crippen LogP contribution in [0.3, 0.4) is 0 Å². The second-order valence-electron chi connectivity index (χ2n) is 4.03. The van der Waals surface area contributed by atoms with Gasteiger partial charge in [-0.05, 0) is 23.3 Å². The van der Waals surface area contributed by atoms with E-state index in [4.69, 9.17) is 11.0 Å². The zero-order chi connectivity index (χ0) is 12.8. The highest BCUT2D eigenvalue weighted by atomic mass is 14.6. The highest BCUT2D eigenvalue weighted by Gasteiger charge is 2.02. The fraction of sp³-hybridized carbons (Fsp3) is 0.0625. The first-order valence-corrected chi connectivity index (χ1v) is 5.78. The molecule has 2 aromatic rings. The lowest BCUT2D eigenvalue weighted by Gasteiger charge is -2.07. The number of benzene rings is 2. The van der Waals surface area contributed by atoms with Gasteiger partial charge in [0.25, 0.3) is 0 Å². The summed E-state index contributed by atoms with van der Waals surface area (Å²) < 4.78 is 0. The average molecular weight is 234 g/mol. The van der Waals surface area contributed by atoms with Gasteiger partial charge in [0.1, 0.15) is 0 Å². The Morgan fingerprint density at radius 3 is 2.56 bits per heavy atom. The van der Waals surface area contributed by atoms with Gasteiger partial charge in [0.15, 0.2) is 0 Å². The molecule has 0 aliphatic carbocycles. The molecular weight excluding hydrogens is 220 g/mol. The molecule has 2 rings (SSSR count). The summed E-state index contributed by atoms with van der Waals surface area (Å²) in [5.41, 5.74) is 8.77. The fourth-order valence-corrected chi connectivity index (χ4v) is 1.71. The molecule has 0 heterocycles. The van der Waals surface area contributed by atoms with Crippen LogP contribution in [0.1, 0.15) is 22.7 Å². The van der Waals surface area contributed by atoms with Gasteiger partial charge in [-0.1, -0.05) is 54.6 Å². The minimum Gasteiger partial charge on any atom is -0.321 e. The molecule has 0 fully saturated rings. The lowest BCUT2D eigenvalue weighted by Crippen LogP contribution is -2.06. The first-order chi connectivity index (χ1) is 8.79. The molecule has 1 unspecified atom stereocenters. The van der Waals surface area contributed by atoms with E-state index in [0.717, 1.165) is 11.1 Å². The van der Waals surface area contributed by atoms with Crippen molar-refractivity contribution in [1.82, 2.24) is 0 Å². The quantitative estimate of drug-likeness (QED) is 0.886. The molecule has 0 bridgehead atoms. The second kappa shape index (κ2) is 5.81. The third-order valence-corrected chi connectivity index (χ3v) is 2.70. The van der Waals surface area contributed by atoms with Crippen molar-refractivity contribution in [3.8, 4) is 6.07 Å². The summed E-state index contributed by atoms with van der Waals surface area (Å²) in [6.45, 7) is 0. The Kier molecular flexibility index (Phi) is 3.90. The van der Waals surface area contributed by atoms with Gasteiger partial charge < -0.3 is 5.73 Å². The Morgan fingerprint density at radius 2 is 1.83 bits per heavy atom. The summed E-state index contributed by atoms with van der Waals surface area (Å²) in [7, 11) is 0. The molecule has 0 aromatic heterocycles. The van der Waals surface area contributed by atoms with Crippen molar-refractivity contribution in [2.45, 2.75) is 6.04 Å². The first kappa shape index (κ1) is 12.1. The molecule has 0 saturated heterocycles. The molecule has 88 valence electrons. The van der Waals surface area contributed by atoms with E-state index >= 15 is 0 Å². The van der Waals surface area contributed by atoms with Gasteiger partial charge in [0.05, 0.1) is 11.6 Å². The number of nitrogens with zero attached hydrogens (tertiary/aromatic N) is 1. The van der Waals surface area contributed by atoms with Crippen molar-refractivity contribution in [3.63, 3.8) is 0 Å². The van der Waals surface area contributed by atoms with Gasteiger partial charge in [0, 0.05) is 6.04 Å². The fourth-order valence-electron chi connectivity index (χ4n) is 1.71. The Morgan fingerprint density at radius 1 is 1.06 bits per heavy atom. The monoisotopic (exact) mass is 234 g/mol. The van der Waals surface area contributed by atoms with Crippen LogP contribution in [0.15, 0.2) is 60.7 Å². The normalized spacial score (nSPS) is 12.2. The SMILES string of the molecule is N#Cc1cccc(C(N)/C=C/c2ccccc2)c1. The van der Waals surface area contributed by atoms with Crippen LogP contribution in [-0.4, -0.2) is 0 Å². The van der Waals surface area contributed by atoms with E-state index in [2.05, 4.69) is 6.07 Å². The number of rotatable bonds is 3. The third-order valence-electron chi connectivity index (χ3n) is 2.70. The predicted molar refractivity (Wildman–Crippen MR) is 73.6 cm³/mol. The second-order valence-corrected chi connectivity index (χ2v) is 4.03. The van der Waals surface area contributed by atoms with Crippen LogP contribution in [0.5, 0.6) is 0 Å². The van der Waals surface area contributed by atoms with E-state index in [1.807, 2.05) is 60.7 Å². The van der Waals surface area contributed by atoms with Gasteiger partial charge in [0.2, 0.25) is 0 Å². The van der Waals surface area contributed by atoms with Crippen molar-refractivity contribution < 1.29 is 0 Å². The highest BCUT2D eigenvalue weighted by molar-refractivity contribution is 5.50. The van der Waals surface area contributed by atoms with E-state index in [0.29, 0.717) is 5.56 Å². The molecule has 0 aliphatic heterocycles. The lowest BCUT2D eigenvalue weighted by molar-refractivity contribution is 0.915. The molecule has 1 atom stereocenters. The average Bonchev–Trinajstić information content (AvgIpc) is 2.46. The zero-order valence-corrected chi connectivity index (χ0v) is 9.95. The topological polar surface area (TPSA) is 49.8 Å². The van der Waals surface area contributed by atoms with E-state index in [1.54, 1.807) is 6.07 Å². The van der Waals surface area contributed by atoms with Crippen LogP contribution in [-0.2, 0) is 0 Å². The summed E-state index contributed by atoms with van der Waals surface area (Å²) >= 11 is 0. The van der Waals surface area contributed by atoms with Crippen molar-refractivity contribution >= 4 is 6.08 Å². The molecular formula is C16H14N2.